The first kappa shape index (κ1) is 21.7. The second-order valence-electron chi connectivity index (χ2n) is 9.70. The summed E-state index contributed by atoms with van der Waals surface area (Å²) in [6.07, 6.45) is 4.57. The zero-order chi connectivity index (χ0) is 25.3. The Balaban J connectivity index is 1.38. The van der Waals surface area contributed by atoms with Gasteiger partial charge in [0.15, 0.2) is 0 Å². The molecule has 6 aromatic rings. The van der Waals surface area contributed by atoms with E-state index in [0.29, 0.717) is 0 Å². The molecule has 1 aromatic heterocycles. The van der Waals surface area contributed by atoms with E-state index in [2.05, 4.69) is 72.8 Å². The molecule has 0 saturated carbocycles. The van der Waals surface area contributed by atoms with Crippen molar-refractivity contribution in [1.29, 1.82) is 0 Å². The maximum atomic E-state index is 6.33. The minimum absolute atomic E-state index is 0.488. The average Bonchev–Trinajstić information content (AvgIpc) is 3.53. The van der Waals surface area contributed by atoms with E-state index in [-0.39, 0.29) is 0 Å². The van der Waals surface area contributed by atoms with Crippen LogP contribution in [0.3, 0.4) is 0 Å². The summed E-state index contributed by atoms with van der Waals surface area (Å²) < 4.78 is 17.9. The van der Waals surface area contributed by atoms with Gasteiger partial charge in [-0.3, -0.25) is 0 Å². The summed E-state index contributed by atoms with van der Waals surface area (Å²) in [5.41, 5.74) is 5.18. The molecule has 3 heterocycles. The molecule has 0 amide bonds. The Hall–Kier alpha value is -4.41. The van der Waals surface area contributed by atoms with E-state index in [1.807, 2.05) is 54.2 Å². The van der Waals surface area contributed by atoms with E-state index in [1.54, 1.807) is 7.11 Å². The molecule has 38 heavy (non-hydrogen) atoms. The van der Waals surface area contributed by atoms with Gasteiger partial charge in [-0.1, -0.05) is 66.7 Å². The van der Waals surface area contributed by atoms with Crippen LogP contribution >= 0.6 is 11.8 Å². The number of hydrogen-bond donors (Lipinski definition) is 0. The Labute approximate surface area is 223 Å². The lowest BCUT2D eigenvalue weighted by Gasteiger charge is -2.30. The van der Waals surface area contributed by atoms with Gasteiger partial charge in [-0.05, 0) is 59.3 Å². The van der Waals surface area contributed by atoms with Gasteiger partial charge in [-0.2, -0.15) is 0 Å². The van der Waals surface area contributed by atoms with E-state index in [1.165, 1.54) is 10.5 Å². The van der Waals surface area contributed by atoms with Crippen LogP contribution in [0.1, 0.15) is 16.7 Å². The average molecular weight is 511 g/mol. The molecule has 0 fully saturated rings. The SMILES string of the molecule is COc1ccccc1C1(c2ccc3oc4ccccc4c3c2)C=c2cc3c(cc2S1)=Cc1ccccc1O3. The van der Waals surface area contributed by atoms with Crippen LogP contribution in [0.25, 0.3) is 34.1 Å². The third-order valence-corrected chi connectivity index (χ3v) is 9.00. The van der Waals surface area contributed by atoms with Crippen LogP contribution in [0, 0.1) is 0 Å². The highest BCUT2D eigenvalue weighted by atomic mass is 32.2. The summed E-state index contributed by atoms with van der Waals surface area (Å²) in [5, 5.41) is 4.49. The molecule has 1 unspecified atom stereocenters. The summed E-state index contributed by atoms with van der Waals surface area (Å²) in [6.45, 7) is 0. The Morgan fingerprint density at radius 2 is 1.53 bits per heavy atom. The van der Waals surface area contributed by atoms with Crippen molar-refractivity contribution in [2.24, 2.45) is 0 Å². The molecular weight excluding hydrogens is 488 g/mol. The van der Waals surface area contributed by atoms with E-state index < -0.39 is 4.75 Å². The third kappa shape index (κ3) is 3.10. The Kier molecular flexibility index (Phi) is 4.58. The van der Waals surface area contributed by atoms with E-state index in [9.17, 15) is 0 Å². The zero-order valence-electron chi connectivity index (χ0n) is 20.6. The van der Waals surface area contributed by atoms with Crippen LogP contribution in [0.2, 0.25) is 0 Å². The van der Waals surface area contributed by atoms with Gasteiger partial charge in [0.1, 0.15) is 28.4 Å². The van der Waals surface area contributed by atoms with Crippen molar-refractivity contribution in [3.63, 3.8) is 0 Å². The fraction of sp³-hybridized carbons (Fsp3) is 0.0588. The van der Waals surface area contributed by atoms with Crippen molar-refractivity contribution in [3.8, 4) is 17.2 Å². The molecule has 2 aliphatic heterocycles. The maximum Gasteiger partial charge on any atom is 0.135 e. The molecule has 0 saturated heterocycles. The predicted octanol–water partition coefficient (Wildman–Crippen LogP) is 7.36. The number of rotatable bonds is 3. The molecule has 0 radical (unpaired) electrons. The smallest absolute Gasteiger partial charge is 0.135 e. The van der Waals surface area contributed by atoms with E-state index >= 15 is 0 Å². The first-order valence-electron chi connectivity index (χ1n) is 12.6. The minimum Gasteiger partial charge on any atom is -0.496 e. The molecule has 182 valence electrons. The molecule has 5 aromatic carbocycles. The van der Waals surface area contributed by atoms with Crippen LogP contribution in [-0.4, -0.2) is 7.11 Å². The first-order valence-corrected chi connectivity index (χ1v) is 13.4. The topological polar surface area (TPSA) is 31.6 Å². The molecule has 3 nitrogen and oxygen atoms in total. The van der Waals surface area contributed by atoms with Crippen LogP contribution in [0.15, 0.2) is 112 Å². The van der Waals surface area contributed by atoms with Crippen LogP contribution < -0.4 is 19.9 Å². The van der Waals surface area contributed by atoms with Crippen molar-refractivity contribution in [3.05, 3.63) is 130 Å². The van der Waals surface area contributed by atoms with Gasteiger partial charge in [-0.15, -0.1) is 11.8 Å². The standard InChI is InChI=1S/C34H22O3S/c1-35-31-13-7-4-10-27(31)34(24-14-15-30-26(19-24)25-9-3-6-12-29(25)37-30)20-23-17-32-22(18-33(23)38-34)16-21-8-2-5-11-28(21)36-32/h2-20H,1H3. The molecule has 0 spiro atoms. The minimum atomic E-state index is -0.488. The number of fused-ring (bicyclic) bond motifs is 6. The van der Waals surface area contributed by atoms with Crippen LogP contribution in [-0.2, 0) is 4.75 Å². The molecule has 8 rings (SSSR count). The fourth-order valence-electron chi connectivity index (χ4n) is 5.73. The quantitative estimate of drug-likeness (QED) is 0.249. The second kappa shape index (κ2) is 8.04. The molecule has 1 atom stereocenters. The van der Waals surface area contributed by atoms with Crippen LogP contribution in [0.5, 0.6) is 17.2 Å². The summed E-state index contributed by atoms with van der Waals surface area (Å²) >= 11 is 1.85. The lowest BCUT2D eigenvalue weighted by molar-refractivity contribution is 0.409. The molecule has 0 bridgehead atoms. The van der Waals surface area contributed by atoms with Gasteiger partial charge in [0, 0.05) is 32.0 Å². The number of para-hydroxylation sites is 3. The van der Waals surface area contributed by atoms with Crippen molar-refractivity contribution in [2.45, 2.75) is 9.64 Å². The predicted molar refractivity (Wildman–Crippen MR) is 154 cm³/mol. The lowest BCUT2D eigenvalue weighted by Crippen LogP contribution is -2.20. The highest BCUT2D eigenvalue weighted by molar-refractivity contribution is 8.01. The second-order valence-corrected chi connectivity index (χ2v) is 11.0. The highest BCUT2D eigenvalue weighted by Gasteiger charge is 2.40. The zero-order valence-corrected chi connectivity index (χ0v) is 21.4. The van der Waals surface area contributed by atoms with E-state index in [0.717, 1.165) is 60.8 Å². The molecule has 0 aliphatic carbocycles. The van der Waals surface area contributed by atoms with Gasteiger partial charge in [0.05, 0.1) is 11.9 Å². The Bertz CT molecular complexity index is 2040. The first-order chi connectivity index (χ1) is 18.7. The molecule has 2 aliphatic rings. The monoisotopic (exact) mass is 510 g/mol. The van der Waals surface area contributed by atoms with Crippen molar-refractivity contribution >= 4 is 45.9 Å². The molecular formula is C34H22O3S. The third-order valence-electron chi connectivity index (χ3n) is 7.53. The van der Waals surface area contributed by atoms with Gasteiger partial charge in [0.25, 0.3) is 0 Å². The van der Waals surface area contributed by atoms with Crippen LogP contribution in [0.4, 0.5) is 0 Å². The van der Waals surface area contributed by atoms with Crippen molar-refractivity contribution in [1.82, 2.24) is 0 Å². The summed E-state index contributed by atoms with van der Waals surface area (Å²) in [6, 6.07) is 35.7. The lowest BCUT2D eigenvalue weighted by atomic mass is 9.87. The normalized spacial score (nSPS) is 17.2. The summed E-state index contributed by atoms with van der Waals surface area (Å²) in [7, 11) is 1.74. The number of methoxy groups -OCH3 is 1. The highest BCUT2D eigenvalue weighted by Crippen LogP contribution is 2.53. The van der Waals surface area contributed by atoms with Crippen molar-refractivity contribution < 1.29 is 13.9 Å². The summed E-state index contributed by atoms with van der Waals surface area (Å²) in [4.78, 5) is 1.21. The van der Waals surface area contributed by atoms with Gasteiger partial charge in [-0.25, -0.2) is 0 Å². The fourth-order valence-corrected chi connectivity index (χ4v) is 7.21. The molecule has 4 heteroatoms. The Morgan fingerprint density at radius 1 is 0.711 bits per heavy atom. The number of benzene rings is 5. The van der Waals surface area contributed by atoms with Crippen molar-refractivity contribution in [2.75, 3.05) is 7.11 Å². The largest absolute Gasteiger partial charge is 0.496 e. The van der Waals surface area contributed by atoms with Gasteiger partial charge >= 0.3 is 0 Å². The number of thioether (sulfide) groups is 1. The number of ether oxygens (including phenoxy) is 2. The number of hydrogen-bond acceptors (Lipinski definition) is 4. The van der Waals surface area contributed by atoms with Gasteiger partial charge in [0.2, 0.25) is 0 Å². The summed E-state index contributed by atoms with van der Waals surface area (Å²) in [5.74, 6) is 2.63. The Morgan fingerprint density at radius 3 is 2.47 bits per heavy atom. The number of furan rings is 1. The molecule has 0 N–H and O–H groups in total. The van der Waals surface area contributed by atoms with Gasteiger partial charge < -0.3 is 13.9 Å². The maximum absolute atomic E-state index is 6.33. The van der Waals surface area contributed by atoms with E-state index in [4.69, 9.17) is 13.9 Å².